The number of benzene rings is 1. The Morgan fingerprint density at radius 3 is 2.60 bits per heavy atom. The van der Waals surface area contributed by atoms with Crippen molar-refractivity contribution in [2.75, 3.05) is 31.5 Å². The summed E-state index contributed by atoms with van der Waals surface area (Å²) in [6.07, 6.45) is 0. The molecule has 0 spiro atoms. The summed E-state index contributed by atoms with van der Waals surface area (Å²) < 4.78 is 0. The predicted molar refractivity (Wildman–Crippen MR) is 85.1 cm³/mol. The lowest BCUT2D eigenvalue weighted by Crippen LogP contribution is -2.42. The van der Waals surface area contributed by atoms with E-state index < -0.39 is 0 Å². The molecule has 4 nitrogen and oxygen atoms in total. The number of amides is 1. The van der Waals surface area contributed by atoms with Crippen LogP contribution in [0.25, 0.3) is 0 Å². The van der Waals surface area contributed by atoms with Gasteiger partial charge in [0.25, 0.3) is 0 Å². The number of hydrogen-bond donors (Lipinski definition) is 2. The molecule has 0 aliphatic rings. The second-order valence-corrected chi connectivity index (χ2v) is 5.19. The molecule has 0 radical (unpaired) electrons. The third-order valence-electron chi connectivity index (χ3n) is 3.34. The van der Waals surface area contributed by atoms with Crippen LogP contribution in [0.3, 0.4) is 0 Å². The van der Waals surface area contributed by atoms with Crippen LogP contribution in [-0.4, -0.2) is 43.0 Å². The first-order chi connectivity index (χ1) is 9.55. The van der Waals surface area contributed by atoms with Crippen molar-refractivity contribution in [3.8, 4) is 0 Å². The maximum absolute atomic E-state index is 11.9. The van der Waals surface area contributed by atoms with Gasteiger partial charge in [-0.3, -0.25) is 4.79 Å². The molecule has 1 atom stereocenters. The average Bonchev–Trinajstić information content (AvgIpc) is 2.42. The summed E-state index contributed by atoms with van der Waals surface area (Å²) in [5.41, 5.74) is 2.00. The molecule has 0 saturated carbocycles. The van der Waals surface area contributed by atoms with E-state index in [1.807, 2.05) is 31.2 Å². The van der Waals surface area contributed by atoms with E-state index in [0.29, 0.717) is 12.6 Å². The Labute approximate surface area is 122 Å². The van der Waals surface area contributed by atoms with Gasteiger partial charge < -0.3 is 15.5 Å². The first-order valence-electron chi connectivity index (χ1n) is 7.37. The molecule has 4 heteroatoms. The van der Waals surface area contributed by atoms with Gasteiger partial charge >= 0.3 is 0 Å². The van der Waals surface area contributed by atoms with Crippen molar-refractivity contribution >= 4 is 11.6 Å². The normalized spacial score (nSPS) is 12.4. The number of rotatable bonds is 8. The first-order valence-corrected chi connectivity index (χ1v) is 7.37. The van der Waals surface area contributed by atoms with E-state index in [9.17, 15) is 4.79 Å². The number of hydrogen-bond acceptors (Lipinski definition) is 3. The fourth-order valence-electron chi connectivity index (χ4n) is 2.13. The quantitative estimate of drug-likeness (QED) is 0.766. The SMILES string of the molecule is CCN(CC)CC(C)NCC(=O)Nc1cccc(C)c1. The molecule has 1 rings (SSSR count). The highest BCUT2D eigenvalue weighted by Crippen LogP contribution is 2.08. The molecule has 0 aromatic heterocycles. The van der Waals surface area contributed by atoms with Crippen molar-refractivity contribution in [3.05, 3.63) is 29.8 Å². The molecule has 1 unspecified atom stereocenters. The molecular weight excluding hydrogens is 250 g/mol. The molecule has 20 heavy (non-hydrogen) atoms. The van der Waals surface area contributed by atoms with Crippen LogP contribution in [0.1, 0.15) is 26.3 Å². The van der Waals surface area contributed by atoms with E-state index in [0.717, 1.165) is 30.9 Å². The van der Waals surface area contributed by atoms with Crippen LogP contribution < -0.4 is 10.6 Å². The fourth-order valence-corrected chi connectivity index (χ4v) is 2.13. The molecule has 0 aliphatic carbocycles. The molecule has 0 saturated heterocycles. The average molecular weight is 277 g/mol. The van der Waals surface area contributed by atoms with E-state index in [-0.39, 0.29) is 5.91 Å². The van der Waals surface area contributed by atoms with Crippen molar-refractivity contribution in [1.29, 1.82) is 0 Å². The Morgan fingerprint density at radius 2 is 2.00 bits per heavy atom. The minimum Gasteiger partial charge on any atom is -0.325 e. The summed E-state index contributed by atoms with van der Waals surface area (Å²) in [6.45, 7) is 11.8. The van der Waals surface area contributed by atoms with Crippen molar-refractivity contribution in [1.82, 2.24) is 10.2 Å². The maximum atomic E-state index is 11.9. The van der Waals surface area contributed by atoms with Crippen molar-refractivity contribution in [3.63, 3.8) is 0 Å². The van der Waals surface area contributed by atoms with Crippen molar-refractivity contribution < 1.29 is 4.79 Å². The molecule has 0 aliphatic heterocycles. The van der Waals surface area contributed by atoms with Crippen LogP contribution in [-0.2, 0) is 4.79 Å². The van der Waals surface area contributed by atoms with Gasteiger partial charge in [-0.2, -0.15) is 0 Å². The van der Waals surface area contributed by atoms with E-state index in [2.05, 4.69) is 36.3 Å². The smallest absolute Gasteiger partial charge is 0.238 e. The fraction of sp³-hybridized carbons (Fsp3) is 0.562. The van der Waals surface area contributed by atoms with Crippen LogP contribution in [0, 0.1) is 6.92 Å². The standard InChI is InChI=1S/C16H27N3O/c1-5-19(6-2)12-14(4)17-11-16(20)18-15-9-7-8-13(3)10-15/h7-10,14,17H,5-6,11-12H2,1-4H3,(H,18,20). The molecule has 2 N–H and O–H groups in total. The van der Waals surface area contributed by atoms with E-state index in [1.165, 1.54) is 0 Å². The van der Waals surface area contributed by atoms with Crippen LogP contribution in [0.5, 0.6) is 0 Å². The molecule has 112 valence electrons. The van der Waals surface area contributed by atoms with Crippen LogP contribution in [0.2, 0.25) is 0 Å². The Balaban J connectivity index is 2.32. The summed E-state index contributed by atoms with van der Waals surface area (Å²) in [5, 5.41) is 6.17. The Bertz CT molecular complexity index is 416. The zero-order valence-electron chi connectivity index (χ0n) is 13.1. The number of nitrogens with zero attached hydrogens (tertiary/aromatic N) is 1. The van der Waals surface area contributed by atoms with E-state index in [4.69, 9.17) is 0 Å². The number of nitrogens with one attached hydrogen (secondary N) is 2. The number of likely N-dealkylation sites (N-methyl/N-ethyl adjacent to an activating group) is 1. The van der Waals surface area contributed by atoms with Gasteiger partial charge in [0.15, 0.2) is 0 Å². The third-order valence-corrected chi connectivity index (χ3v) is 3.34. The summed E-state index contributed by atoms with van der Waals surface area (Å²) in [5.74, 6) is 0.00185. The minimum absolute atomic E-state index is 0.00185. The zero-order valence-corrected chi connectivity index (χ0v) is 13.1. The number of anilines is 1. The van der Waals surface area contributed by atoms with Crippen molar-refractivity contribution in [2.45, 2.75) is 33.7 Å². The molecule has 0 heterocycles. The lowest BCUT2D eigenvalue weighted by atomic mass is 10.2. The van der Waals surface area contributed by atoms with Gasteiger partial charge in [-0.15, -0.1) is 0 Å². The van der Waals surface area contributed by atoms with Gasteiger partial charge in [-0.25, -0.2) is 0 Å². The second-order valence-electron chi connectivity index (χ2n) is 5.19. The lowest BCUT2D eigenvalue weighted by Gasteiger charge is -2.23. The Hall–Kier alpha value is -1.39. The zero-order chi connectivity index (χ0) is 15.0. The summed E-state index contributed by atoms with van der Waals surface area (Å²) in [6, 6.07) is 8.14. The second kappa shape index (κ2) is 8.72. The number of carbonyl (C=O) groups excluding carboxylic acids is 1. The molecule has 1 aromatic rings. The number of carbonyl (C=O) groups is 1. The van der Waals surface area contributed by atoms with Crippen LogP contribution in [0.4, 0.5) is 5.69 Å². The summed E-state index contributed by atoms with van der Waals surface area (Å²) >= 11 is 0. The molecular formula is C16H27N3O. The predicted octanol–water partition coefficient (Wildman–Crippen LogP) is 2.25. The van der Waals surface area contributed by atoms with Gasteiger partial charge in [0.05, 0.1) is 6.54 Å². The highest BCUT2D eigenvalue weighted by molar-refractivity contribution is 5.92. The molecule has 1 amide bonds. The summed E-state index contributed by atoms with van der Waals surface area (Å²) in [4.78, 5) is 14.2. The first kappa shape index (κ1) is 16.7. The van der Waals surface area contributed by atoms with Gasteiger partial charge in [0.2, 0.25) is 5.91 Å². The topological polar surface area (TPSA) is 44.4 Å². The highest BCUT2D eigenvalue weighted by atomic mass is 16.1. The monoisotopic (exact) mass is 277 g/mol. The van der Waals surface area contributed by atoms with Crippen molar-refractivity contribution in [2.24, 2.45) is 0 Å². The molecule has 0 fully saturated rings. The lowest BCUT2D eigenvalue weighted by molar-refractivity contribution is -0.115. The number of aryl methyl sites for hydroxylation is 1. The molecule has 1 aromatic carbocycles. The third kappa shape index (κ3) is 6.17. The van der Waals surface area contributed by atoms with E-state index >= 15 is 0 Å². The van der Waals surface area contributed by atoms with E-state index in [1.54, 1.807) is 0 Å². The highest BCUT2D eigenvalue weighted by Gasteiger charge is 2.09. The largest absolute Gasteiger partial charge is 0.325 e. The Morgan fingerprint density at radius 1 is 1.30 bits per heavy atom. The van der Waals surface area contributed by atoms with Crippen LogP contribution in [0.15, 0.2) is 24.3 Å². The Kier molecular flexibility index (Phi) is 7.26. The molecule has 0 bridgehead atoms. The van der Waals surface area contributed by atoms with Gasteiger partial charge in [-0.05, 0) is 44.6 Å². The summed E-state index contributed by atoms with van der Waals surface area (Å²) in [7, 11) is 0. The maximum Gasteiger partial charge on any atom is 0.238 e. The minimum atomic E-state index is 0.00185. The van der Waals surface area contributed by atoms with Gasteiger partial charge in [0.1, 0.15) is 0 Å². The van der Waals surface area contributed by atoms with Crippen LogP contribution >= 0.6 is 0 Å². The van der Waals surface area contributed by atoms with Gasteiger partial charge in [-0.1, -0.05) is 26.0 Å². The van der Waals surface area contributed by atoms with Gasteiger partial charge in [0, 0.05) is 18.3 Å².